The number of halogens is 3. The van der Waals surface area contributed by atoms with Gasteiger partial charge in [-0.3, -0.25) is 0 Å². The monoisotopic (exact) mass is 367 g/mol. The van der Waals surface area contributed by atoms with Crippen molar-refractivity contribution in [2.75, 3.05) is 23.8 Å². The van der Waals surface area contributed by atoms with E-state index in [1.54, 1.807) is 0 Å². The number of nitrogens with one attached hydrogen (secondary N) is 2. The molecule has 0 fully saturated rings. The number of hydrogen-bond donors (Lipinski definition) is 2. The molecule has 0 bridgehead atoms. The van der Waals surface area contributed by atoms with Crippen LogP contribution in [0.1, 0.15) is 6.92 Å². The van der Waals surface area contributed by atoms with Crippen LogP contribution in [0.3, 0.4) is 0 Å². The minimum atomic E-state index is -4.83. The van der Waals surface area contributed by atoms with E-state index in [2.05, 4.69) is 15.4 Å². The van der Waals surface area contributed by atoms with Crippen LogP contribution in [0.4, 0.5) is 29.3 Å². The first-order valence-corrected chi connectivity index (χ1v) is 7.94. The lowest BCUT2D eigenvalue weighted by Crippen LogP contribution is -2.41. The molecule has 2 amide bonds. The van der Waals surface area contributed by atoms with Gasteiger partial charge >= 0.3 is 12.4 Å². The molecular weight excluding hydrogens is 347 g/mol. The summed E-state index contributed by atoms with van der Waals surface area (Å²) < 4.78 is 41.1. The number of likely N-dealkylation sites (N-methyl/N-ethyl adjacent to an activating group) is 1. The van der Waals surface area contributed by atoms with E-state index in [9.17, 15) is 18.0 Å². The largest absolute Gasteiger partial charge is 0.573 e. The molecule has 0 aliphatic rings. The Hall–Kier alpha value is -2.90. The Balaban J connectivity index is 1.91. The first-order chi connectivity index (χ1) is 12.3. The van der Waals surface area contributed by atoms with Gasteiger partial charge in [0.1, 0.15) is 0 Å². The van der Waals surface area contributed by atoms with Gasteiger partial charge < -0.3 is 20.3 Å². The van der Waals surface area contributed by atoms with Gasteiger partial charge in [0.05, 0.1) is 5.69 Å². The smallest absolute Gasteiger partial charge is 0.404 e. The molecule has 1 atom stereocenters. The number of urea groups is 1. The number of nitrogens with zero attached hydrogens (tertiary/aromatic N) is 1. The average molecular weight is 367 g/mol. The number of amides is 2. The molecule has 5 nitrogen and oxygen atoms in total. The van der Waals surface area contributed by atoms with Gasteiger partial charge in [0.2, 0.25) is 0 Å². The van der Waals surface area contributed by atoms with E-state index in [0.29, 0.717) is 6.54 Å². The molecule has 2 rings (SSSR count). The summed E-state index contributed by atoms with van der Waals surface area (Å²) in [5.74, 6) is -0.468. The Morgan fingerprint density at radius 1 is 1.12 bits per heavy atom. The summed E-state index contributed by atoms with van der Waals surface area (Å²) in [5, 5.41) is 5.02. The number of carbonyl (C=O) groups is 1. The van der Waals surface area contributed by atoms with Crippen LogP contribution < -0.4 is 20.3 Å². The van der Waals surface area contributed by atoms with Gasteiger partial charge in [0.15, 0.2) is 5.75 Å². The number of ether oxygens (including phenoxy) is 1. The third-order valence-electron chi connectivity index (χ3n) is 3.74. The molecule has 0 saturated heterocycles. The van der Waals surface area contributed by atoms with Gasteiger partial charge in [-0.15, -0.1) is 13.2 Å². The van der Waals surface area contributed by atoms with Crippen molar-refractivity contribution in [3.8, 4) is 5.75 Å². The fourth-order valence-corrected chi connectivity index (χ4v) is 2.25. The van der Waals surface area contributed by atoms with Crippen molar-refractivity contribution in [3.05, 3.63) is 54.6 Å². The molecule has 0 aromatic heterocycles. The first-order valence-electron chi connectivity index (χ1n) is 7.94. The Morgan fingerprint density at radius 3 is 2.38 bits per heavy atom. The number of rotatable bonds is 6. The SMILES string of the molecule is CC(CNC(=O)Nc1ccccc1OC(F)(F)F)N(C)c1ccccc1. The molecule has 0 spiro atoms. The number of hydrogen-bond acceptors (Lipinski definition) is 3. The Kier molecular flexibility index (Phi) is 6.32. The number of para-hydroxylation sites is 3. The number of carbonyl (C=O) groups excluding carboxylic acids is 1. The summed E-state index contributed by atoms with van der Waals surface area (Å²) in [6.45, 7) is 2.23. The summed E-state index contributed by atoms with van der Waals surface area (Å²) in [5.41, 5.74) is 0.928. The van der Waals surface area contributed by atoms with Crippen LogP contribution in [0.2, 0.25) is 0 Å². The highest BCUT2D eigenvalue weighted by atomic mass is 19.4. The van der Waals surface area contributed by atoms with E-state index in [-0.39, 0.29) is 11.7 Å². The van der Waals surface area contributed by atoms with Gasteiger partial charge in [-0.05, 0) is 31.2 Å². The Labute approximate surface area is 149 Å². The molecule has 26 heavy (non-hydrogen) atoms. The van der Waals surface area contributed by atoms with Gasteiger partial charge in [-0.2, -0.15) is 0 Å². The van der Waals surface area contributed by atoms with E-state index in [0.717, 1.165) is 11.8 Å². The standard InChI is InChI=1S/C18H20F3N3O2/c1-13(24(2)14-8-4-3-5-9-14)12-22-17(25)23-15-10-6-7-11-16(15)26-18(19,20)21/h3-11,13H,12H2,1-2H3,(H2,22,23,25). The highest BCUT2D eigenvalue weighted by molar-refractivity contribution is 5.90. The zero-order chi connectivity index (χ0) is 19.2. The second-order valence-corrected chi connectivity index (χ2v) is 5.67. The summed E-state index contributed by atoms with van der Waals surface area (Å²) >= 11 is 0. The van der Waals surface area contributed by atoms with Crippen LogP contribution in [0.15, 0.2) is 54.6 Å². The summed E-state index contributed by atoms with van der Waals surface area (Å²) in [6, 6.07) is 14.4. The minimum absolute atomic E-state index is 0.0233. The lowest BCUT2D eigenvalue weighted by Gasteiger charge is -2.27. The molecule has 0 heterocycles. The average Bonchev–Trinajstić information content (AvgIpc) is 2.60. The van der Waals surface area contributed by atoms with Crippen LogP contribution in [-0.2, 0) is 0 Å². The van der Waals surface area contributed by atoms with Gasteiger partial charge in [0.25, 0.3) is 0 Å². The van der Waals surface area contributed by atoms with Crippen LogP contribution in [0.25, 0.3) is 0 Å². The van der Waals surface area contributed by atoms with Crippen molar-refractivity contribution >= 4 is 17.4 Å². The minimum Gasteiger partial charge on any atom is -0.404 e. The first kappa shape index (κ1) is 19.4. The van der Waals surface area contributed by atoms with Gasteiger partial charge in [0, 0.05) is 25.3 Å². The van der Waals surface area contributed by atoms with Crippen LogP contribution >= 0.6 is 0 Å². The molecule has 2 aromatic carbocycles. The fraction of sp³-hybridized carbons (Fsp3) is 0.278. The number of alkyl halides is 3. The van der Waals surface area contributed by atoms with Crippen LogP contribution in [0, 0.1) is 0 Å². The molecule has 2 N–H and O–H groups in total. The van der Waals surface area contributed by atoms with E-state index in [4.69, 9.17) is 0 Å². The molecule has 0 aliphatic heterocycles. The molecule has 1 unspecified atom stereocenters. The fourth-order valence-electron chi connectivity index (χ4n) is 2.25. The van der Waals surface area contributed by atoms with Crippen molar-refractivity contribution in [1.82, 2.24) is 5.32 Å². The highest BCUT2D eigenvalue weighted by Gasteiger charge is 2.32. The van der Waals surface area contributed by atoms with Crippen LogP contribution in [0.5, 0.6) is 5.75 Å². The summed E-state index contributed by atoms with van der Waals surface area (Å²) in [6.07, 6.45) is -4.83. The zero-order valence-corrected chi connectivity index (χ0v) is 14.4. The molecule has 140 valence electrons. The van der Waals surface area contributed by atoms with Crippen molar-refractivity contribution in [3.63, 3.8) is 0 Å². The van der Waals surface area contributed by atoms with Gasteiger partial charge in [-0.25, -0.2) is 4.79 Å². The second kappa shape index (κ2) is 8.46. The summed E-state index contributed by atoms with van der Waals surface area (Å²) in [4.78, 5) is 14.0. The second-order valence-electron chi connectivity index (χ2n) is 5.67. The lowest BCUT2D eigenvalue weighted by atomic mass is 10.2. The van der Waals surface area contributed by atoms with E-state index in [1.165, 1.54) is 18.2 Å². The summed E-state index contributed by atoms with van der Waals surface area (Å²) in [7, 11) is 1.89. The van der Waals surface area contributed by atoms with Crippen molar-refractivity contribution < 1.29 is 22.7 Å². The highest BCUT2D eigenvalue weighted by Crippen LogP contribution is 2.29. The molecule has 0 radical (unpaired) electrons. The lowest BCUT2D eigenvalue weighted by molar-refractivity contribution is -0.274. The van der Waals surface area contributed by atoms with Crippen molar-refractivity contribution in [1.29, 1.82) is 0 Å². The normalized spacial score (nSPS) is 12.2. The third-order valence-corrected chi connectivity index (χ3v) is 3.74. The predicted octanol–water partition coefficient (Wildman–Crippen LogP) is 4.23. The molecular formula is C18H20F3N3O2. The molecule has 2 aromatic rings. The Morgan fingerprint density at radius 2 is 1.73 bits per heavy atom. The maximum absolute atomic E-state index is 12.4. The number of anilines is 2. The van der Waals surface area contributed by atoms with E-state index in [1.807, 2.05) is 49.2 Å². The quantitative estimate of drug-likeness (QED) is 0.803. The zero-order valence-electron chi connectivity index (χ0n) is 14.4. The number of benzene rings is 2. The molecule has 8 heteroatoms. The maximum atomic E-state index is 12.4. The van der Waals surface area contributed by atoms with E-state index >= 15 is 0 Å². The van der Waals surface area contributed by atoms with Gasteiger partial charge in [-0.1, -0.05) is 30.3 Å². The maximum Gasteiger partial charge on any atom is 0.573 e. The predicted molar refractivity (Wildman–Crippen MR) is 94.5 cm³/mol. The topological polar surface area (TPSA) is 53.6 Å². The van der Waals surface area contributed by atoms with Crippen LogP contribution in [-0.4, -0.2) is 32.0 Å². The van der Waals surface area contributed by atoms with E-state index < -0.39 is 18.1 Å². The molecule has 0 saturated carbocycles. The van der Waals surface area contributed by atoms with Crippen molar-refractivity contribution in [2.24, 2.45) is 0 Å². The molecule has 0 aliphatic carbocycles. The third kappa shape index (κ3) is 5.87. The van der Waals surface area contributed by atoms with Crippen molar-refractivity contribution in [2.45, 2.75) is 19.3 Å². The Bertz CT molecular complexity index is 723.